The number of likely N-dealkylation sites (tertiary alicyclic amines) is 1. The van der Waals surface area contributed by atoms with Crippen LogP contribution in [0.3, 0.4) is 0 Å². The summed E-state index contributed by atoms with van der Waals surface area (Å²) in [6.07, 6.45) is 3.01. The van der Waals surface area contributed by atoms with E-state index in [9.17, 15) is 9.50 Å². The maximum absolute atomic E-state index is 13.6. The summed E-state index contributed by atoms with van der Waals surface area (Å²) in [7, 11) is 0. The van der Waals surface area contributed by atoms with Crippen LogP contribution < -0.4 is 0 Å². The second kappa shape index (κ2) is 5.15. The first-order valence-corrected chi connectivity index (χ1v) is 6.31. The summed E-state index contributed by atoms with van der Waals surface area (Å²) in [5.41, 5.74) is 0.586. The summed E-state index contributed by atoms with van der Waals surface area (Å²) in [6, 6.07) is 6.90. The molecule has 1 aliphatic heterocycles. The Bertz CT molecular complexity index is 376. The molecule has 94 valence electrons. The average Bonchev–Trinajstić information content (AvgIpc) is 2.75. The molecule has 2 nitrogen and oxygen atoms in total. The van der Waals surface area contributed by atoms with Gasteiger partial charge in [-0.1, -0.05) is 25.1 Å². The van der Waals surface area contributed by atoms with Gasteiger partial charge < -0.3 is 5.11 Å². The maximum Gasteiger partial charge on any atom is 0.127 e. The predicted molar refractivity (Wildman–Crippen MR) is 66.2 cm³/mol. The van der Waals surface area contributed by atoms with Gasteiger partial charge in [-0.15, -0.1) is 0 Å². The third-order valence-electron chi connectivity index (χ3n) is 4.01. The smallest absolute Gasteiger partial charge is 0.127 e. The van der Waals surface area contributed by atoms with Crippen LogP contribution in [0, 0.1) is 5.82 Å². The number of benzene rings is 1. The predicted octanol–water partition coefficient (Wildman–Crippen LogP) is 2.56. The van der Waals surface area contributed by atoms with Gasteiger partial charge >= 0.3 is 0 Å². The van der Waals surface area contributed by atoms with Gasteiger partial charge in [0.15, 0.2) is 0 Å². The topological polar surface area (TPSA) is 23.5 Å². The second-order valence-corrected chi connectivity index (χ2v) is 4.85. The Hall–Kier alpha value is -0.930. The minimum absolute atomic E-state index is 0.137. The van der Waals surface area contributed by atoms with E-state index in [4.69, 9.17) is 0 Å². The highest BCUT2D eigenvalue weighted by atomic mass is 19.1. The summed E-state index contributed by atoms with van der Waals surface area (Å²) in [5, 5.41) is 9.60. The molecular weight excluding hydrogens is 217 g/mol. The number of aliphatic hydroxyl groups excluding tert-OH is 1. The standard InChI is InChI=1S/C14H20FNO/c1-2-14(11-17)8-5-9-16(14)10-12-6-3-4-7-13(12)15/h3-4,6-7,17H,2,5,8-11H2,1H3. The minimum atomic E-state index is -0.151. The molecule has 0 amide bonds. The molecule has 3 heteroatoms. The van der Waals surface area contributed by atoms with Crippen molar-refractivity contribution < 1.29 is 9.50 Å². The Labute approximate surface area is 102 Å². The molecule has 0 bridgehead atoms. The van der Waals surface area contributed by atoms with Crippen LogP contribution in [0.5, 0.6) is 0 Å². The summed E-state index contributed by atoms with van der Waals surface area (Å²) in [6.45, 7) is 3.80. The Kier molecular flexibility index (Phi) is 3.79. The van der Waals surface area contributed by atoms with Crippen LogP contribution in [-0.2, 0) is 6.54 Å². The van der Waals surface area contributed by atoms with Crippen molar-refractivity contribution in [2.45, 2.75) is 38.3 Å². The van der Waals surface area contributed by atoms with Crippen molar-refractivity contribution in [3.05, 3.63) is 35.6 Å². The molecule has 1 aromatic rings. The van der Waals surface area contributed by atoms with Crippen molar-refractivity contribution in [1.29, 1.82) is 0 Å². The van der Waals surface area contributed by atoms with Crippen molar-refractivity contribution >= 4 is 0 Å². The lowest BCUT2D eigenvalue weighted by atomic mass is 9.93. The second-order valence-electron chi connectivity index (χ2n) is 4.85. The molecule has 1 atom stereocenters. The molecule has 1 aromatic carbocycles. The number of rotatable bonds is 4. The monoisotopic (exact) mass is 237 g/mol. The fraction of sp³-hybridized carbons (Fsp3) is 0.571. The molecule has 2 rings (SSSR count). The normalized spacial score (nSPS) is 25.4. The molecule has 0 saturated carbocycles. The van der Waals surface area contributed by atoms with E-state index in [1.54, 1.807) is 6.07 Å². The van der Waals surface area contributed by atoms with Crippen molar-refractivity contribution in [2.75, 3.05) is 13.2 Å². The van der Waals surface area contributed by atoms with Crippen LogP contribution in [0.4, 0.5) is 4.39 Å². The van der Waals surface area contributed by atoms with Gasteiger partial charge in [-0.25, -0.2) is 4.39 Å². The zero-order valence-corrected chi connectivity index (χ0v) is 10.3. The number of hydrogen-bond donors (Lipinski definition) is 1. The van der Waals surface area contributed by atoms with E-state index in [2.05, 4.69) is 11.8 Å². The molecule has 1 N–H and O–H groups in total. The Morgan fingerprint density at radius 1 is 1.41 bits per heavy atom. The van der Waals surface area contributed by atoms with Gasteiger partial charge in [0, 0.05) is 17.6 Å². The first-order valence-electron chi connectivity index (χ1n) is 6.31. The molecule has 1 aliphatic rings. The summed E-state index contributed by atoms with van der Waals surface area (Å²) in [5.74, 6) is -0.151. The van der Waals surface area contributed by atoms with Crippen LogP contribution >= 0.6 is 0 Å². The fourth-order valence-electron chi connectivity index (χ4n) is 2.76. The van der Waals surface area contributed by atoms with Gasteiger partial charge in [-0.3, -0.25) is 4.90 Å². The van der Waals surface area contributed by atoms with Gasteiger partial charge in [-0.05, 0) is 31.9 Å². The van der Waals surface area contributed by atoms with E-state index in [0.29, 0.717) is 6.54 Å². The van der Waals surface area contributed by atoms with Crippen molar-refractivity contribution in [3.8, 4) is 0 Å². The van der Waals surface area contributed by atoms with E-state index in [-0.39, 0.29) is 18.0 Å². The first-order chi connectivity index (χ1) is 8.22. The number of halogens is 1. The van der Waals surface area contributed by atoms with Crippen LogP contribution in [0.2, 0.25) is 0 Å². The number of nitrogens with zero attached hydrogens (tertiary/aromatic N) is 1. The van der Waals surface area contributed by atoms with Crippen molar-refractivity contribution in [1.82, 2.24) is 4.90 Å². The molecule has 1 heterocycles. The van der Waals surface area contributed by atoms with Crippen molar-refractivity contribution in [3.63, 3.8) is 0 Å². The lowest BCUT2D eigenvalue weighted by Crippen LogP contribution is -2.46. The van der Waals surface area contributed by atoms with E-state index in [1.807, 2.05) is 12.1 Å². The molecule has 1 fully saturated rings. The van der Waals surface area contributed by atoms with Gasteiger partial charge in [0.2, 0.25) is 0 Å². The van der Waals surface area contributed by atoms with Gasteiger partial charge in [0.05, 0.1) is 6.61 Å². The highest BCUT2D eigenvalue weighted by Crippen LogP contribution is 2.33. The SMILES string of the molecule is CCC1(CO)CCCN1Cc1ccccc1F. The molecule has 1 unspecified atom stereocenters. The zero-order chi connectivity index (χ0) is 12.3. The molecular formula is C14H20FNO. The molecule has 1 saturated heterocycles. The number of hydrogen-bond acceptors (Lipinski definition) is 2. The summed E-state index contributed by atoms with van der Waals surface area (Å²) >= 11 is 0. The van der Waals surface area contributed by atoms with E-state index < -0.39 is 0 Å². The molecule has 0 spiro atoms. The maximum atomic E-state index is 13.6. The van der Waals surface area contributed by atoms with Crippen molar-refractivity contribution in [2.24, 2.45) is 0 Å². The average molecular weight is 237 g/mol. The van der Waals surface area contributed by atoms with Crippen LogP contribution in [0.15, 0.2) is 24.3 Å². The van der Waals surface area contributed by atoms with Crippen LogP contribution in [0.25, 0.3) is 0 Å². The lowest BCUT2D eigenvalue weighted by molar-refractivity contribution is 0.0541. The summed E-state index contributed by atoms with van der Waals surface area (Å²) < 4.78 is 13.6. The van der Waals surface area contributed by atoms with Gasteiger partial charge in [-0.2, -0.15) is 0 Å². The zero-order valence-electron chi connectivity index (χ0n) is 10.3. The van der Waals surface area contributed by atoms with Crippen LogP contribution in [-0.4, -0.2) is 28.7 Å². The first kappa shape index (κ1) is 12.5. The Balaban J connectivity index is 2.16. The number of aliphatic hydroxyl groups is 1. The largest absolute Gasteiger partial charge is 0.394 e. The quantitative estimate of drug-likeness (QED) is 0.870. The molecule has 0 radical (unpaired) electrons. The molecule has 17 heavy (non-hydrogen) atoms. The molecule has 0 aliphatic carbocycles. The van der Waals surface area contributed by atoms with Gasteiger partial charge in [0.1, 0.15) is 5.82 Å². The van der Waals surface area contributed by atoms with E-state index in [0.717, 1.165) is 31.4 Å². The Morgan fingerprint density at radius 3 is 2.82 bits per heavy atom. The van der Waals surface area contributed by atoms with E-state index >= 15 is 0 Å². The fourth-order valence-corrected chi connectivity index (χ4v) is 2.76. The third kappa shape index (κ3) is 2.35. The lowest BCUT2D eigenvalue weighted by Gasteiger charge is -2.36. The van der Waals surface area contributed by atoms with E-state index in [1.165, 1.54) is 6.07 Å². The minimum Gasteiger partial charge on any atom is -0.394 e. The Morgan fingerprint density at radius 2 is 2.18 bits per heavy atom. The van der Waals surface area contributed by atoms with Crippen LogP contribution in [0.1, 0.15) is 31.7 Å². The third-order valence-corrected chi connectivity index (χ3v) is 4.01. The highest BCUT2D eigenvalue weighted by molar-refractivity contribution is 5.18. The molecule has 0 aromatic heterocycles. The highest BCUT2D eigenvalue weighted by Gasteiger charge is 2.38. The van der Waals surface area contributed by atoms with Gasteiger partial charge in [0.25, 0.3) is 0 Å². The summed E-state index contributed by atoms with van der Waals surface area (Å²) in [4.78, 5) is 2.23.